The van der Waals surface area contributed by atoms with Gasteiger partial charge in [-0.3, -0.25) is 0 Å². The van der Waals surface area contributed by atoms with Crippen LogP contribution in [0.1, 0.15) is 37.9 Å². The van der Waals surface area contributed by atoms with Crippen molar-refractivity contribution in [2.75, 3.05) is 19.0 Å². The molecule has 1 saturated carbocycles. The molecule has 1 N–H and O–H groups in total. The Bertz CT molecular complexity index is 558. The number of aromatic amines is 1. The molecular formula is C14H20N4. The highest BCUT2D eigenvalue weighted by Crippen LogP contribution is 2.38. The minimum Gasteiger partial charge on any atom is -0.363 e. The second kappa shape index (κ2) is 4.26. The molecule has 1 aliphatic rings. The van der Waals surface area contributed by atoms with Gasteiger partial charge in [0.1, 0.15) is 11.6 Å². The van der Waals surface area contributed by atoms with Gasteiger partial charge < -0.3 is 9.88 Å². The fourth-order valence-electron chi connectivity index (χ4n) is 2.88. The average Bonchev–Trinajstić information content (AvgIpc) is 2.92. The Morgan fingerprint density at radius 1 is 1.22 bits per heavy atom. The lowest BCUT2D eigenvalue weighted by Crippen LogP contribution is -2.10. The predicted octanol–water partition coefficient (Wildman–Crippen LogP) is 2.93. The van der Waals surface area contributed by atoms with E-state index in [9.17, 15) is 0 Å². The minimum absolute atomic E-state index is 0.585. The van der Waals surface area contributed by atoms with Crippen LogP contribution in [0.25, 0.3) is 11.2 Å². The SMILES string of the molecule is CC1CCCC1c1nc2nc(N(C)C)ccc2[nH]1. The van der Waals surface area contributed by atoms with Crippen LogP contribution in [0.3, 0.4) is 0 Å². The van der Waals surface area contributed by atoms with Crippen molar-refractivity contribution < 1.29 is 0 Å². The van der Waals surface area contributed by atoms with Crippen LogP contribution in [0.4, 0.5) is 5.82 Å². The van der Waals surface area contributed by atoms with Crippen LogP contribution >= 0.6 is 0 Å². The minimum atomic E-state index is 0.585. The van der Waals surface area contributed by atoms with E-state index in [1.807, 2.05) is 25.1 Å². The van der Waals surface area contributed by atoms with E-state index in [4.69, 9.17) is 4.98 Å². The smallest absolute Gasteiger partial charge is 0.179 e. The Kier molecular flexibility index (Phi) is 2.73. The number of nitrogens with zero attached hydrogens (tertiary/aromatic N) is 3. The number of pyridine rings is 1. The molecule has 2 atom stereocenters. The summed E-state index contributed by atoms with van der Waals surface area (Å²) < 4.78 is 0. The quantitative estimate of drug-likeness (QED) is 0.883. The third-order valence-corrected chi connectivity index (χ3v) is 4.02. The second-order valence-corrected chi connectivity index (χ2v) is 5.57. The molecule has 0 radical (unpaired) electrons. The normalized spacial score (nSPS) is 23.7. The zero-order valence-electron chi connectivity index (χ0n) is 11.3. The van der Waals surface area contributed by atoms with Crippen molar-refractivity contribution in [3.63, 3.8) is 0 Å². The first kappa shape index (κ1) is 11.5. The molecule has 2 aromatic heterocycles. The summed E-state index contributed by atoms with van der Waals surface area (Å²) >= 11 is 0. The first-order valence-electron chi connectivity index (χ1n) is 6.69. The van der Waals surface area contributed by atoms with Gasteiger partial charge in [0.2, 0.25) is 0 Å². The van der Waals surface area contributed by atoms with Crippen LogP contribution in [-0.4, -0.2) is 29.0 Å². The van der Waals surface area contributed by atoms with Gasteiger partial charge in [-0.15, -0.1) is 0 Å². The van der Waals surface area contributed by atoms with Crippen molar-refractivity contribution in [2.24, 2.45) is 5.92 Å². The molecule has 4 nitrogen and oxygen atoms in total. The standard InChI is InChI=1S/C14H20N4/c1-9-5-4-6-10(9)13-15-11-7-8-12(18(2)3)16-14(11)17-13/h7-10H,4-6H2,1-3H3,(H,15,16,17). The van der Waals surface area contributed by atoms with Crippen LogP contribution in [-0.2, 0) is 0 Å². The van der Waals surface area contributed by atoms with Gasteiger partial charge in [0.15, 0.2) is 5.65 Å². The summed E-state index contributed by atoms with van der Waals surface area (Å²) in [5.41, 5.74) is 1.89. The molecule has 0 aromatic carbocycles. The Balaban J connectivity index is 2.00. The van der Waals surface area contributed by atoms with Crippen molar-refractivity contribution in [1.82, 2.24) is 15.0 Å². The van der Waals surface area contributed by atoms with E-state index < -0.39 is 0 Å². The number of aromatic nitrogens is 3. The number of fused-ring (bicyclic) bond motifs is 1. The van der Waals surface area contributed by atoms with Gasteiger partial charge in [0, 0.05) is 20.0 Å². The Labute approximate surface area is 107 Å². The summed E-state index contributed by atoms with van der Waals surface area (Å²) in [4.78, 5) is 14.7. The molecule has 1 fully saturated rings. The van der Waals surface area contributed by atoms with Crippen molar-refractivity contribution in [1.29, 1.82) is 0 Å². The van der Waals surface area contributed by atoms with E-state index >= 15 is 0 Å². The van der Waals surface area contributed by atoms with Crippen molar-refractivity contribution in [3.8, 4) is 0 Å². The lowest BCUT2D eigenvalue weighted by Gasteiger charge is -2.11. The number of imidazole rings is 1. The molecule has 2 unspecified atom stereocenters. The molecule has 0 bridgehead atoms. The first-order chi connectivity index (χ1) is 8.65. The molecule has 0 amide bonds. The van der Waals surface area contributed by atoms with Crippen molar-refractivity contribution in [3.05, 3.63) is 18.0 Å². The molecule has 2 aromatic rings. The van der Waals surface area contributed by atoms with Gasteiger partial charge in [-0.1, -0.05) is 13.3 Å². The van der Waals surface area contributed by atoms with E-state index in [1.54, 1.807) is 0 Å². The lowest BCUT2D eigenvalue weighted by atomic mass is 9.98. The summed E-state index contributed by atoms with van der Waals surface area (Å²) in [5.74, 6) is 3.40. The van der Waals surface area contributed by atoms with Crippen molar-refractivity contribution in [2.45, 2.75) is 32.1 Å². The Morgan fingerprint density at radius 3 is 2.72 bits per heavy atom. The molecular weight excluding hydrogens is 224 g/mol. The highest BCUT2D eigenvalue weighted by atomic mass is 15.1. The highest BCUT2D eigenvalue weighted by molar-refractivity contribution is 5.73. The van der Waals surface area contributed by atoms with Crippen LogP contribution in [0.15, 0.2) is 12.1 Å². The molecule has 0 aliphatic heterocycles. The molecule has 0 spiro atoms. The maximum Gasteiger partial charge on any atom is 0.179 e. The Morgan fingerprint density at radius 2 is 2.06 bits per heavy atom. The summed E-state index contributed by atoms with van der Waals surface area (Å²) in [6, 6.07) is 4.11. The van der Waals surface area contributed by atoms with Crippen LogP contribution in [0.2, 0.25) is 0 Å². The molecule has 96 valence electrons. The fourth-order valence-corrected chi connectivity index (χ4v) is 2.88. The van der Waals surface area contributed by atoms with Gasteiger partial charge in [0.05, 0.1) is 5.52 Å². The highest BCUT2D eigenvalue weighted by Gasteiger charge is 2.27. The van der Waals surface area contributed by atoms with Gasteiger partial charge in [-0.05, 0) is 30.9 Å². The van der Waals surface area contributed by atoms with Crippen LogP contribution < -0.4 is 4.90 Å². The molecule has 0 saturated heterocycles. The van der Waals surface area contributed by atoms with Crippen LogP contribution in [0, 0.1) is 5.92 Å². The molecule has 3 rings (SSSR count). The lowest BCUT2D eigenvalue weighted by molar-refractivity contribution is 0.514. The Hall–Kier alpha value is -1.58. The third-order valence-electron chi connectivity index (χ3n) is 4.02. The zero-order valence-corrected chi connectivity index (χ0v) is 11.3. The molecule has 2 heterocycles. The van der Waals surface area contributed by atoms with Crippen LogP contribution in [0.5, 0.6) is 0 Å². The first-order valence-corrected chi connectivity index (χ1v) is 6.69. The van der Waals surface area contributed by atoms with Crippen molar-refractivity contribution >= 4 is 17.0 Å². The monoisotopic (exact) mass is 244 g/mol. The van der Waals surface area contributed by atoms with E-state index in [-0.39, 0.29) is 0 Å². The van der Waals surface area contributed by atoms with E-state index in [2.05, 4.69) is 23.0 Å². The number of nitrogens with one attached hydrogen (secondary N) is 1. The topological polar surface area (TPSA) is 44.8 Å². The summed E-state index contributed by atoms with van der Waals surface area (Å²) in [6.45, 7) is 2.32. The van der Waals surface area contributed by atoms with Gasteiger partial charge in [-0.25, -0.2) is 9.97 Å². The third kappa shape index (κ3) is 1.85. The summed E-state index contributed by atoms with van der Waals surface area (Å²) in [6.07, 6.45) is 3.89. The molecule has 1 aliphatic carbocycles. The zero-order chi connectivity index (χ0) is 12.7. The number of rotatable bonds is 2. The maximum absolute atomic E-state index is 4.69. The largest absolute Gasteiger partial charge is 0.363 e. The van der Waals surface area contributed by atoms with E-state index in [0.717, 1.165) is 28.7 Å². The van der Waals surface area contributed by atoms with E-state index in [0.29, 0.717) is 5.92 Å². The van der Waals surface area contributed by atoms with Gasteiger partial charge in [-0.2, -0.15) is 0 Å². The predicted molar refractivity (Wildman–Crippen MR) is 74.0 cm³/mol. The average molecular weight is 244 g/mol. The van der Waals surface area contributed by atoms with E-state index in [1.165, 1.54) is 19.3 Å². The van der Waals surface area contributed by atoms with Gasteiger partial charge in [0.25, 0.3) is 0 Å². The summed E-state index contributed by atoms with van der Waals surface area (Å²) in [7, 11) is 4.00. The number of hydrogen-bond acceptors (Lipinski definition) is 3. The fraction of sp³-hybridized carbons (Fsp3) is 0.571. The second-order valence-electron chi connectivity index (χ2n) is 5.57. The number of hydrogen-bond donors (Lipinski definition) is 1. The molecule has 4 heteroatoms. The number of anilines is 1. The molecule has 18 heavy (non-hydrogen) atoms. The number of H-pyrrole nitrogens is 1. The van der Waals surface area contributed by atoms with Gasteiger partial charge >= 0.3 is 0 Å². The maximum atomic E-state index is 4.69. The summed E-state index contributed by atoms with van der Waals surface area (Å²) in [5, 5.41) is 0.